The highest BCUT2D eigenvalue weighted by molar-refractivity contribution is 7.89. The van der Waals surface area contributed by atoms with Crippen LogP contribution in [0.3, 0.4) is 0 Å². The first-order chi connectivity index (χ1) is 14.3. The van der Waals surface area contributed by atoms with E-state index in [0.29, 0.717) is 17.8 Å². The number of nitrogens with one attached hydrogen (secondary N) is 2. The number of hydrogen-bond donors (Lipinski definition) is 2. The number of aryl methyl sites for hydroxylation is 1. The lowest BCUT2D eigenvalue weighted by atomic mass is 10.1. The molecule has 0 saturated heterocycles. The lowest BCUT2D eigenvalue weighted by Crippen LogP contribution is -2.22. The SMILES string of the molecule is Cc1ccc(NC(=O)c2ccccc2)cc1NCc1cccc(S(=O)(=O)N(C)C)c1. The minimum atomic E-state index is -3.48. The van der Waals surface area contributed by atoms with Gasteiger partial charge in [0.15, 0.2) is 0 Å². The Morgan fingerprint density at radius 3 is 2.37 bits per heavy atom. The average molecular weight is 424 g/mol. The van der Waals surface area contributed by atoms with E-state index in [1.165, 1.54) is 18.4 Å². The van der Waals surface area contributed by atoms with Gasteiger partial charge in [-0.25, -0.2) is 12.7 Å². The van der Waals surface area contributed by atoms with Gasteiger partial charge in [0.2, 0.25) is 10.0 Å². The largest absolute Gasteiger partial charge is 0.381 e. The molecule has 0 heterocycles. The quantitative estimate of drug-likeness (QED) is 0.599. The molecule has 0 unspecified atom stereocenters. The average Bonchev–Trinajstić information content (AvgIpc) is 2.74. The standard InChI is InChI=1S/C23H25N3O3S/c1-17-12-13-20(25-23(27)19-9-5-4-6-10-19)15-22(17)24-16-18-8-7-11-21(14-18)30(28,29)26(2)3/h4-15,24H,16H2,1-3H3,(H,25,27). The second kappa shape index (κ2) is 9.11. The van der Waals surface area contributed by atoms with Crippen LogP contribution in [-0.4, -0.2) is 32.7 Å². The van der Waals surface area contributed by atoms with Crippen LogP contribution in [0.2, 0.25) is 0 Å². The van der Waals surface area contributed by atoms with Gasteiger partial charge in [-0.1, -0.05) is 36.4 Å². The fourth-order valence-electron chi connectivity index (χ4n) is 2.91. The van der Waals surface area contributed by atoms with Crippen LogP contribution >= 0.6 is 0 Å². The molecule has 0 atom stereocenters. The van der Waals surface area contributed by atoms with Gasteiger partial charge in [0.25, 0.3) is 5.91 Å². The van der Waals surface area contributed by atoms with Gasteiger partial charge in [0.1, 0.15) is 0 Å². The summed E-state index contributed by atoms with van der Waals surface area (Å²) < 4.78 is 25.9. The van der Waals surface area contributed by atoms with Crippen molar-refractivity contribution in [3.8, 4) is 0 Å². The Hall–Kier alpha value is -3.16. The van der Waals surface area contributed by atoms with Gasteiger partial charge in [-0.2, -0.15) is 0 Å². The number of nitrogens with zero attached hydrogens (tertiary/aromatic N) is 1. The van der Waals surface area contributed by atoms with Crippen LogP contribution in [0.15, 0.2) is 77.7 Å². The van der Waals surface area contributed by atoms with E-state index in [1.807, 2.05) is 49.4 Å². The van der Waals surface area contributed by atoms with Crippen LogP contribution < -0.4 is 10.6 Å². The number of benzene rings is 3. The van der Waals surface area contributed by atoms with Crippen LogP contribution in [0.4, 0.5) is 11.4 Å². The Bertz CT molecular complexity index is 1140. The number of rotatable bonds is 7. The van der Waals surface area contributed by atoms with E-state index in [-0.39, 0.29) is 10.8 Å². The molecule has 3 aromatic rings. The maximum absolute atomic E-state index is 12.4. The molecule has 0 bridgehead atoms. The summed E-state index contributed by atoms with van der Waals surface area (Å²) in [7, 11) is -0.454. The molecular weight excluding hydrogens is 398 g/mol. The van der Waals surface area contributed by atoms with Crippen LogP contribution in [0.25, 0.3) is 0 Å². The molecule has 0 saturated carbocycles. The highest BCUT2D eigenvalue weighted by Crippen LogP contribution is 2.22. The first-order valence-corrected chi connectivity index (χ1v) is 10.9. The first-order valence-electron chi connectivity index (χ1n) is 9.50. The van der Waals surface area contributed by atoms with Gasteiger partial charge < -0.3 is 10.6 Å². The highest BCUT2D eigenvalue weighted by Gasteiger charge is 2.17. The minimum Gasteiger partial charge on any atom is -0.381 e. The third-order valence-electron chi connectivity index (χ3n) is 4.69. The molecule has 2 N–H and O–H groups in total. The maximum atomic E-state index is 12.4. The van der Waals surface area contributed by atoms with Crippen molar-refractivity contribution in [3.63, 3.8) is 0 Å². The van der Waals surface area contributed by atoms with Crippen LogP contribution in [0.1, 0.15) is 21.5 Å². The zero-order chi connectivity index (χ0) is 21.7. The smallest absolute Gasteiger partial charge is 0.255 e. The summed E-state index contributed by atoms with van der Waals surface area (Å²) in [5, 5.41) is 6.23. The Balaban J connectivity index is 1.73. The number of amides is 1. The topological polar surface area (TPSA) is 78.5 Å². The van der Waals surface area contributed by atoms with E-state index in [0.717, 1.165) is 16.8 Å². The molecule has 0 spiro atoms. The maximum Gasteiger partial charge on any atom is 0.255 e. The van der Waals surface area contributed by atoms with Gasteiger partial charge in [-0.15, -0.1) is 0 Å². The molecule has 0 aliphatic heterocycles. The Kier molecular flexibility index (Phi) is 6.54. The van der Waals surface area contributed by atoms with E-state index in [1.54, 1.807) is 30.3 Å². The van der Waals surface area contributed by atoms with Gasteiger partial charge in [-0.05, 0) is 54.4 Å². The molecule has 7 heteroatoms. The number of carbonyl (C=O) groups excluding carboxylic acids is 1. The fourth-order valence-corrected chi connectivity index (χ4v) is 3.88. The van der Waals surface area contributed by atoms with Crippen LogP contribution in [0.5, 0.6) is 0 Å². The molecule has 30 heavy (non-hydrogen) atoms. The van der Waals surface area contributed by atoms with E-state index < -0.39 is 10.0 Å². The molecule has 6 nitrogen and oxygen atoms in total. The van der Waals surface area contributed by atoms with E-state index in [9.17, 15) is 13.2 Å². The van der Waals surface area contributed by atoms with Crippen molar-refractivity contribution in [2.45, 2.75) is 18.4 Å². The van der Waals surface area contributed by atoms with E-state index in [2.05, 4.69) is 10.6 Å². The fraction of sp³-hybridized carbons (Fsp3) is 0.174. The minimum absolute atomic E-state index is 0.174. The highest BCUT2D eigenvalue weighted by atomic mass is 32.2. The molecule has 3 rings (SSSR count). The zero-order valence-corrected chi connectivity index (χ0v) is 18.0. The Morgan fingerprint density at radius 1 is 0.933 bits per heavy atom. The van der Waals surface area contributed by atoms with E-state index >= 15 is 0 Å². The van der Waals surface area contributed by atoms with Crippen molar-refractivity contribution >= 4 is 27.3 Å². The molecule has 0 aliphatic rings. The second-order valence-corrected chi connectivity index (χ2v) is 9.29. The van der Waals surface area contributed by atoms with Crippen molar-refractivity contribution < 1.29 is 13.2 Å². The number of anilines is 2. The lowest BCUT2D eigenvalue weighted by molar-refractivity contribution is 0.102. The van der Waals surface area contributed by atoms with Gasteiger partial charge in [0.05, 0.1) is 4.90 Å². The van der Waals surface area contributed by atoms with Crippen molar-refractivity contribution in [1.82, 2.24) is 4.31 Å². The van der Waals surface area contributed by atoms with Crippen molar-refractivity contribution in [3.05, 3.63) is 89.5 Å². The molecule has 0 radical (unpaired) electrons. The molecule has 1 amide bonds. The summed E-state index contributed by atoms with van der Waals surface area (Å²) in [5.41, 5.74) is 4.00. The second-order valence-electron chi connectivity index (χ2n) is 7.14. The normalized spacial score (nSPS) is 11.3. The predicted molar refractivity (Wildman–Crippen MR) is 120 cm³/mol. The van der Waals surface area contributed by atoms with Crippen molar-refractivity contribution in [2.24, 2.45) is 0 Å². The molecule has 0 aliphatic carbocycles. The molecule has 0 fully saturated rings. The monoisotopic (exact) mass is 423 g/mol. The Morgan fingerprint density at radius 2 is 1.67 bits per heavy atom. The lowest BCUT2D eigenvalue weighted by Gasteiger charge is -2.14. The third kappa shape index (κ3) is 5.06. The van der Waals surface area contributed by atoms with Crippen molar-refractivity contribution in [1.29, 1.82) is 0 Å². The molecule has 3 aromatic carbocycles. The van der Waals surface area contributed by atoms with E-state index in [4.69, 9.17) is 0 Å². The molecule has 0 aromatic heterocycles. The summed E-state index contributed by atoms with van der Waals surface area (Å²) in [4.78, 5) is 12.6. The summed E-state index contributed by atoms with van der Waals surface area (Å²) in [6.45, 7) is 2.42. The summed E-state index contributed by atoms with van der Waals surface area (Å²) >= 11 is 0. The van der Waals surface area contributed by atoms with Gasteiger partial charge in [-0.3, -0.25) is 4.79 Å². The third-order valence-corrected chi connectivity index (χ3v) is 6.50. The number of hydrogen-bond acceptors (Lipinski definition) is 4. The molecule has 156 valence electrons. The summed E-state index contributed by atoms with van der Waals surface area (Å²) in [5.74, 6) is -0.174. The van der Waals surface area contributed by atoms with Crippen molar-refractivity contribution in [2.75, 3.05) is 24.7 Å². The summed E-state index contributed by atoms with van der Waals surface area (Å²) in [6, 6.07) is 21.5. The Labute approximate surface area is 177 Å². The van der Waals surface area contributed by atoms with Gasteiger partial charge >= 0.3 is 0 Å². The predicted octanol–water partition coefficient (Wildman–Crippen LogP) is 4.11. The first kappa shape index (κ1) is 21.5. The molecular formula is C23H25N3O3S. The van der Waals surface area contributed by atoms with Crippen LogP contribution in [0, 0.1) is 6.92 Å². The number of sulfonamides is 1. The van der Waals surface area contributed by atoms with Crippen LogP contribution in [-0.2, 0) is 16.6 Å². The zero-order valence-electron chi connectivity index (χ0n) is 17.2. The van der Waals surface area contributed by atoms with Gasteiger partial charge in [0, 0.05) is 37.6 Å². The number of carbonyl (C=O) groups is 1. The summed E-state index contributed by atoms with van der Waals surface area (Å²) in [6.07, 6.45) is 0.